The molecule has 0 bridgehead atoms. The Hall–Kier alpha value is -2.66. The molecule has 0 atom stereocenters. The predicted molar refractivity (Wildman–Crippen MR) is 119 cm³/mol. The summed E-state index contributed by atoms with van der Waals surface area (Å²) in [5, 5.41) is 10.7. The van der Waals surface area contributed by atoms with Crippen LogP contribution >= 0.6 is 11.3 Å². The maximum atomic E-state index is 12.2. The maximum absolute atomic E-state index is 12.2. The molecule has 1 aliphatic heterocycles. The lowest BCUT2D eigenvalue weighted by atomic mass is 10.2. The lowest BCUT2D eigenvalue weighted by Crippen LogP contribution is -2.27. The molecule has 1 amide bonds. The Labute approximate surface area is 194 Å². The summed E-state index contributed by atoms with van der Waals surface area (Å²) in [5.41, 5.74) is 2.36. The van der Waals surface area contributed by atoms with E-state index in [1.165, 1.54) is 10.4 Å². The van der Waals surface area contributed by atoms with E-state index in [2.05, 4.69) is 41.2 Å². The molecule has 11 heteroatoms. The number of halogens is 3. The molecule has 0 radical (unpaired) electrons. The molecule has 1 aromatic heterocycles. The van der Waals surface area contributed by atoms with E-state index in [0.717, 1.165) is 43.9 Å². The van der Waals surface area contributed by atoms with Gasteiger partial charge in [-0.2, -0.15) is 13.2 Å². The number of rotatable bonds is 6. The first-order valence-electron chi connectivity index (χ1n) is 10.4. The normalized spacial score (nSPS) is 14.0. The molecule has 0 saturated heterocycles. The number of benzene rings is 1. The molecule has 0 spiro atoms. The Bertz CT molecular complexity index is 922. The average molecular weight is 488 g/mol. The van der Waals surface area contributed by atoms with Gasteiger partial charge in [0.05, 0.1) is 12.8 Å². The molecule has 0 saturated carbocycles. The van der Waals surface area contributed by atoms with Crippen LogP contribution in [0, 0.1) is 5.92 Å². The second-order valence-electron chi connectivity index (χ2n) is 7.92. The van der Waals surface area contributed by atoms with Crippen LogP contribution in [0.5, 0.6) is 5.75 Å². The number of nitrogens with zero attached hydrogens (tertiary/aromatic N) is 2. The zero-order valence-electron chi connectivity index (χ0n) is 18.7. The fraction of sp³-hybridized carbons (Fsp3) is 0.500. The van der Waals surface area contributed by atoms with E-state index >= 15 is 0 Å². The van der Waals surface area contributed by atoms with E-state index in [-0.39, 0.29) is 5.91 Å². The van der Waals surface area contributed by atoms with Gasteiger partial charge in [0.15, 0.2) is 5.01 Å². The van der Waals surface area contributed by atoms with Crippen molar-refractivity contribution in [2.45, 2.75) is 39.4 Å². The third-order valence-electron chi connectivity index (χ3n) is 4.75. The predicted octanol–water partition coefficient (Wildman–Crippen LogP) is 3.77. The van der Waals surface area contributed by atoms with E-state index in [1.54, 1.807) is 18.4 Å². The van der Waals surface area contributed by atoms with E-state index in [9.17, 15) is 18.0 Å². The standard InChI is InChI=1S/C20H27N3O2S.C2HF3O2/c1-14(2)12-21-19(24)20-22-17-7-9-23(10-8-18(17)26-20)13-15-5-4-6-16(11-15)25-3;3-2(4,5)1(6)7/h4-6,11,14H,7-10,12-13H2,1-3H3,(H,21,24);(H,6,7). The first-order chi connectivity index (χ1) is 15.5. The molecule has 3 rings (SSSR count). The van der Waals surface area contributed by atoms with Crippen molar-refractivity contribution < 1.29 is 32.6 Å². The summed E-state index contributed by atoms with van der Waals surface area (Å²) in [6, 6.07) is 8.24. The highest BCUT2D eigenvalue weighted by Gasteiger charge is 2.38. The number of carbonyl (C=O) groups excluding carboxylic acids is 1. The monoisotopic (exact) mass is 487 g/mol. The number of carboxylic acids is 1. The molecule has 2 aromatic rings. The summed E-state index contributed by atoms with van der Waals surface area (Å²) >= 11 is 1.55. The fourth-order valence-corrected chi connectivity index (χ4v) is 4.08. The molecule has 1 aromatic carbocycles. The fourth-order valence-electron chi connectivity index (χ4n) is 3.07. The van der Waals surface area contributed by atoms with Crippen molar-refractivity contribution in [1.29, 1.82) is 0 Å². The van der Waals surface area contributed by atoms with Crippen LogP contribution in [-0.4, -0.2) is 59.8 Å². The van der Waals surface area contributed by atoms with Gasteiger partial charge in [0.2, 0.25) is 0 Å². The smallest absolute Gasteiger partial charge is 0.490 e. The van der Waals surface area contributed by atoms with Gasteiger partial charge < -0.3 is 15.2 Å². The molecule has 182 valence electrons. The van der Waals surface area contributed by atoms with E-state index < -0.39 is 12.1 Å². The minimum Gasteiger partial charge on any atom is -0.497 e. The Balaban J connectivity index is 0.000000479. The Morgan fingerprint density at radius 1 is 1.27 bits per heavy atom. The third-order valence-corrected chi connectivity index (χ3v) is 5.90. The molecule has 33 heavy (non-hydrogen) atoms. The van der Waals surface area contributed by atoms with Gasteiger partial charge in [0.25, 0.3) is 5.91 Å². The minimum atomic E-state index is -5.08. The number of fused-ring (bicyclic) bond motifs is 1. The van der Waals surface area contributed by atoms with Crippen molar-refractivity contribution in [3.05, 3.63) is 45.4 Å². The van der Waals surface area contributed by atoms with Crippen LogP contribution in [0.15, 0.2) is 24.3 Å². The number of amides is 1. The van der Waals surface area contributed by atoms with Crippen LogP contribution in [0.4, 0.5) is 13.2 Å². The highest BCUT2D eigenvalue weighted by molar-refractivity contribution is 7.13. The van der Waals surface area contributed by atoms with Crippen LogP contribution in [0.2, 0.25) is 0 Å². The largest absolute Gasteiger partial charge is 0.497 e. The van der Waals surface area contributed by atoms with Crippen LogP contribution in [-0.2, 0) is 24.2 Å². The van der Waals surface area contributed by atoms with Crippen molar-refractivity contribution in [2.24, 2.45) is 5.92 Å². The summed E-state index contributed by atoms with van der Waals surface area (Å²) in [5.74, 6) is -1.45. The highest BCUT2D eigenvalue weighted by atomic mass is 32.1. The average Bonchev–Trinajstić information content (AvgIpc) is 3.08. The van der Waals surface area contributed by atoms with Gasteiger partial charge in [0.1, 0.15) is 5.75 Å². The zero-order valence-corrected chi connectivity index (χ0v) is 19.6. The summed E-state index contributed by atoms with van der Waals surface area (Å²) in [6.45, 7) is 7.73. The Kier molecular flexibility index (Phi) is 9.66. The summed E-state index contributed by atoms with van der Waals surface area (Å²) in [7, 11) is 1.70. The number of carboxylic acid groups (broad SMARTS) is 1. The number of methoxy groups -OCH3 is 1. The van der Waals surface area contributed by atoms with Crippen LogP contribution in [0.3, 0.4) is 0 Å². The molecule has 2 N–H and O–H groups in total. The number of aromatic nitrogens is 1. The van der Waals surface area contributed by atoms with Crippen LogP contribution in [0.25, 0.3) is 0 Å². The molecule has 7 nitrogen and oxygen atoms in total. The Morgan fingerprint density at radius 2 is 1.94 bits per heavy atom. The lowest BCUT2D eigenvalue weighted by Gasteiger charge is -2.20. The van der Waals surface area contributed by atoms with E-state index in [0.29, 0.717) is 17.5 Å². The lowest BCUT2D eigenvalue weighted by molar-refractivity contribution is -0.192. The molecule has 1 aliphatic rings. The zero-order chi connectivity index (χ0) is 24.6. The number of carbonyl (C=O) groups is 2. The highest BCUT2D eigenvalue weighted by Crippen LogP contribution is 2.24. The molecule has 2 heterocycles. The van der Waals surface area contributed by atoms with Crippen molar-refractivity contribution in [3.8, 4) is 5.75 Å². The van der Waals surface area contributed by atoms with Crippen molar-refractivity contribution in [3.63, 3.8) is 0 Å². The van der Waals surface area contributed by atoms with Crippen LogP contribution in [0.1, 0.15) is 39.8 Å². The molecule has 0 aliphatic carbocycles. The number of ether oxygens (including phenoxy) is 1. The van der Waals surface area contributed by atoms with Gasteiger partial charge in [-0.25, -0.2) is 9.78 Å². The first kappa shape index (κ1) is 26.6. The van der Waals surface area contributed by atoms with Gasteiger partial charge in [-0.1, -0.05) is 26.0 Å². The summed E-state index contributed by atoms with van der Waals surface area (Å²) in [6.07, 6.45) is -3.23. The SMILES string of the molecule is COc1cccc(CN2CCc3nc(C(=O)NCC(C)C)sc3CC2)c1.O=C(O)C(F)(F)F. The second kappa shape index (κ2) is 12.0. The van der Waals surface area contributed by atoms with E-state index in [4.69, 9.17) is 14.6 Å². The van der Waals surface area contributed by atoms with Crippen molar-refractivity contribution in [2.75, 3.05) is 26.7 Å². The number of thiazole rings is 1. The number of nitrogens with one attached hydrogen (secondary N) is 1. The first-order valence-corrected chi connectivity index (χ1v) is 11.2. The molecule has 0 unspecified atom stereocenters. The van der Waals surface area contributed by atoms with Crippen LogP contribution < -0.4 is 10.1 Å². The van der Waals surface area contributed by atoms with Crippen molar-refractivity contribution in [1.82, 2.24) is 15.2 Å². The van der Waals surface area contributed by atoms with E-state index in [1.807, 2.05) is 12.1 Å². The van der Waals surface area contributed by atoms with Crippen molar-refractivity contribution >= 4 is 23.2 Å². The second-order valence-corrected chi connectivity index (χ2v) is 9.01. The topological polar surface area (TPSA) is 91.8 Å². The molecule has 0 fully saturated rings. The quantitative estimate of drug-likeness (QED) is 0.645. The Morgan fingerprint density at radius 3 is 2.55 bits per heavy atom. The maximum Gasteiger partial charge on any atom is 0.490 e. The van der Waals surface area contributed by atoms with Gasteiger partial charge >= 0.3 is 12.1 Å². The number of hydrogen-bond donors (Lipinski definition) is 2. The summed E-state index contributed by atoms with van der Waals surface area (Å²) < 4.78 is 37.0. The van der Waals surface area contributed by atoms with Gasteiger partial charge in [-0.05, 0) is 30.0 Å². The number of hydrogen-bond acceptors (Lipinski definition) is 6. The number of aliphatic carboxylic acids is 1. The van der Waals surface area contributed by atoms with Gasteiger partial charge in [0, 0.05) is 37.5 Å². The summed E-state index contributed by atoms with van der Waals surface area (Å²) in [4.78, 5) is 29.4. The third kappa shape index (κ3) is 8.65. The molecular formula is C22H28F3N3O4S. The minimum absolute atomic E-state index is 0.0370. The van der Waals surface area contributed by atoms with Gasteiger partial charge in [-0.15, -0.1) is 11.3 Å². The molecular weight excluding hydrogens is 459 g/mol. The van der Waals surface area contributed by atoms with Gasteiger partial charge in [-0.3, -0.25) is 9.69 Å². The number of alkyl halides is 3.